The van der Waals surface area contributed by atoms with Crippen LogP contribution in [-0.2, 0) is 13.0 Å². The summed E-state index contributed by atoms with van der Waals surface area (Å²) >= 11 is 1.03. The second-order valence-electron chi connectivity index (χ2n) is 4.16. The Hall–Kier alpha value is -1.50. The van der Waals surface area contributed by atoms with Crippen LogP contribution in [0.3, 0.4) is 0 Å². The SMILES string of the molecule is Cl.O=C(Nc1ccc2c(c1)CNCC2)c1cnsn1. The highest BCUT2D eigenvalue weighted by Gasteiger charge is 2.12. The predicted molar refractivity (Wildman–Crippen MR) is 77.0 cm³/mol. The fraction of sp³-hybridized carbons (Fsp3) is 0.250. The average Bonchev–Trinajstić information content (AvgIpc) is 2.92. The quantitative estimate of drug-likeness (QED) is 0.888. The Morgan fingerprint density at radius 2 is 2.26 bits per heavy atom. The van der Waals surface area contributed by atoms with Crippen LogP contribution < -0.4 is 10.6 Å². The average molecular weight is 297 g/mol. The lowest BCUT2D eigenvalue weighted by atomic mass is 10.0. The van der Waals surface area contributed by atoms with Gasteiger partial charge in [-0.15, -0.1) is 12.4 Å². The maximum Gasteiger partial charge on any atom is 0.277 e. The lowest BCUT2D eigenvalue weighted by Gasteiger charge is -2.17. The van der Waals surface area contributed by atoms with Crippen LogP contribution in [0, 0.1) is 0 Å². The van der Waals surface area contributed by atoms with Crippen molar-refractivity contribution in [2.24, 2.45) is 0 Å². The number of hydrogen-bond donors (Lipinski definition) is 2. The van der Waals surface area contributed by atoms with Gasteiger partial charge in [0.15, 0.2) is 5.69 Å². The molecule has 1 aliphatic rings. The molecule has 1 aliphatic heterocycles. The molecule has 2 N–H and O–H groups in total. The van der Waals surface area contributed by atoms with Crippen molar-refractivity contribution in [1.29, 1.82) is 0 Å². The van der Waals surface area contributed by atoms with Crippen molar-refractivity contribution in [3.8, 4) is 0 Å². The summed E-state index contributed by atoms with van der Waals surface area (Å²) in [4.78, 5) is 11.8. The molecule has 1 aromatic carbocycles. The molecule has 100 valence electrons. The number of halogens is 1. The van der Waals surface area contributed by atoms with Gasteiger partial charge in [0.1, 0.15) is 0 Å². The van der Waals surface area contributed by atoms with Crippen LogP contribution in [0.25, 0.3) is 0 Å². The molecule has 0 fully saturated rings. The highest BCUT2D eigenvalue weighted by Crippen LogP contribution is 2.19. The molecule has 0 aliphatic carbocycles. The van der Waals surface area contributed by atoms with Crippen LogP contribution >= 0.6 is 24.1 Å². The summed E-state index contributed by atoms with van der Waals surface area (Å²) < 4.78 is 7.72. The molecule has 1 amide bonds. The number of amides is 1. The third kappa shape index (κ3) is 3.09. The second kappa shape index (κ2) is 6.10. The minimum Gasteiger partial charge on any atom is -0.321 e. The minimum absolute atomic E-state index is 0. The molecular formula is C12H13ClN4OS. The predicted octanol–water partition coefficient (Wildman–Crippen LogP) is 1.86. The summed E-state index contributed by atoms with van der Waals surface area (Å²) in [5.74, 6) is -0.215. The Morgan fingerprint density at radius 1 is 1.37 bits per heavy atom. The van der Waals surface area contributed by atoms with E-state index in [1.807, 2.05) is 12.1 Å². The number of fused-ring (bicyclic) bond motifs is 1. The van der Waals surface area contributed by atoms with E-state index in [9.17, 15) is 4.79 Å². The molecule has 5 nitrogen and oxygen atoms in total. The Kier molecular flexibility index (Phi) is 4.47. The van der Waals surface area contributed by atoms with Gasteiger partial charge in [-0.1, -0.05) is 6.07 Å². The number of nitrogens with zero attached hydrogens (tertiary/aromatic N) is 2. The van der Waals surface area contributed by atoms with Crippen LogP contribution in [0.15, 0.2) is 24.4 Å². The molecular weight excluding hydrogens is 284 g/mol. The normalized spacial score (nSPS) is 13.3. The maximum atomic E-state index is 11.8. The molecule has 3 rings (SSSR count). The van der Waals surface area contributed by atoms with E-state index in [2.05, 4.69) is 25.4 Å². The third-order valence-corrected chi connectivity index (χ3v) is 3.42. The second-order valence-corrected chi connectivity index (χ2v) is 4.71. The summed E-state index contributed by atoms with van der Waals surface area (Å²) in [6.07, 6.45) is 2.51. The number of carbonyl (C=O) groups is 1. The lowest BCUT2D eigenvalue weighted by Crippen LogP contribution is -2.23. The van der Waals surface area contributed by atoms with Gasteiger partial charge in [0, 0.05) is 12.2 Å². The van der Waals surface area contributed by atoms with Gasteiger partial charge in [0.25, 0.3) is 5.91 Å². The van der Waals surface area contributed by atoms with Gasteiger partial charge in [-0.2, -0.15) is 8.75 Å². The molecule has 0 unspecified atom stereocenters. The van der Waals surface area contributed by atoms with E-state index in [-0.39, 0.29) is 18.3 Å². The zero-order valence-corrected chi connectivity index (χ0v) is 11.7. The van der Waals surface area contributed by atoms with Crippen molar-refractivity contribution in [1.82, 2.24) is 14.1 Å². The number of anilines is 1. The first-order chi connectivity index (χ1) is 8.83. The molecule has 7 heteroatoms. The molecule has 0 radical (unpaired) electrons. The van der Waals surface area contributed by atoms with Gasteiger partial charge in [-0.3, -0.25) is 4.79 Å². The van der Waals surface area contributed by atoms with E-state index in [1.165, 1.54) is 17.3 Å². The van der Waals surface area contributed by atoms with E-state index >= 15 is 0 Å². The first-order valence-electron chi connectivity index (χ1n) is 5.74. The summed E-state index contributed by atoms with van der Waals surface area (Å²) in [5, 5.41) is 6.15. The van der Waals surface area contributed by atoms with Crippen molar-refractivity contribution in [2.45, 2.75) is 13.0 Å². The first-order valence-corrected chi connectivity index (χ1v) is 6.47. The maximum absolute atomic E-state index is 11.8. The number of rotatable bonds is 2. The van der Waals surface area contributed by atoms with E-state index in [0.717, 1.165) is 36.9 Å². The van der Waals surface area contributed by atoms with Gasteiger partial charge in [0.05, 0.1) is 17.9 Å². The summed E-state index contributed by atoms with van der Waals surface area (Å²) in [7, 11) is 0. The number of benzene rings is 1. The van der Waals surface area contributed by atoms with Crippen molar-refractivity contribution >= 4 is 35.7 Å². The van der Waals surface area contributed by atoms with E-state index in [1.54, 1.807) is 0 Å². The van der Waals surface area contributed by atoms with E-state index in [4.69, 9.17) is 0 Å². The van der Waals surface area contributed by atoms with E-state index in [0.29, 0.717) is 5.69 Å². The Labute approximate surface area is 121 Å². The molecule has 0 saturated carbocycles. The molecule has 1 aromatic heterocycles. The number of hydrogen-bond acceptors (Lipinski definition) is 5. The lowest BCUT2D eigenvalue weighted by molar-refractivity contribution is 0.102. The van der Waals surface area contributed by atoms with Crippen LogP contribution in [0.2, 0.25) is 0 Å². The zero-order valence-electron chi connectivity index (χ0n) is 10.0. The molecule has 19 heavy (non-hydrogen) atoms. The van der Waals surface area contributed by atoms with Crippen LogP contribution in [-0.4, -0.2) is 21.2 Å². The van der Waals surface area contributed by atoms with Crippen LogP contribution in [0.4, 0.5) is 5.69 Å². The monoisotopic (exact) mass is 296 g/mol. The van der Waals surface area contributed by atoms with Crippen molar-refractivity contribution in [3.05, 3.63) is 41.2 Å². The topological polar surface area (TPSA) is 66.9 Å². The van der Waals surface area contributed by atoms with Gasteiger partial charge in [-0.05, 0) is 36.2 Å². The smallest absolute Gasteiger partial charge is 0.277 e. The Bertz CT molecular complexity index is 573. The molecule has 0 saturated heterocycles. The van der Waals surface area contributed by atoms with Crippen LogP contribution in [0.1, 0.15) is 21.6 Å². The van der Waals surface area contributed by atoms with Crippen LogP contribution in [0.5, 0.6) is 0 Å². The Balaban J connectivity index is 0.00000133. The Morgan fingerprint density at radius 3 is 3.05 bits per heavy atom. The van der Waals surface area contributed by atoms with Gasteiger partial charge in [-0.25, -0.2) is 0 Å². The van der Waals surface area contributed by atoms with E-state index < -0.39 is 0 Å². The highest BCUT2D eigenvalue weighted by molar-refractivity contribution is 6.99. The minimum atomic E-state index is -0.215. The molecule has 2 aromatic rings. The fourth-order valence-corrected chi connectivity index (χ4v) is 2.43. The van der Waals surface area contributed by atoms with Gasteiger partial charge in [0.2, 0.25) is 0 Å². The summed E-state index contributed by atoms with van der Waals surface area (Å²) in [5.41, 5.74) is 3.75. The fourth-order valence-electron chi connectivity index (χ4n) is 2.02. The molecule has 0 atom stereocenters. The number of carbonyl (C=O) groups excluding carboxylic acids is 1. The molecule has 0 bridgehead atoms. The molecule has 2 heterocycles. The van der Waals surface area contributed by atoms with Gasteiger partial charge < -0.3 is 10.6 Å². The largest absolute Gasteiger partial charge is 0.321 e. The number of nitrogens with one attached hydrogen (secondary N) is 2. The van der Waals surface area contributed by atoms with Crippen molar-refractivity contribution in [3.63, 3.8) is 0 Å². The summed E-state index contributed by atoms with van der Waals surface area (Å²) in [6, 6.07) is 6.02. The molecule has 0 spiro atoms. The zero-order chi connectivity index (χ0) is 12.4. The first kappa shape index (κ1) is 13.9. The highest BCUT2D eigenvalue weighted by atomic mass is 35.5. The van der Waals surface area contributed by atoms with Gasteiger partial charge >= 0.3 is 0 Å². The third-order valence-electron chi connectivity index (χ3n) is 2.94. The number of aromatic nitrogens is 2. The standard InChI is InChI=1S/C12H12N4OS.ClH/c17-12(11-7-14-18-16-11)15-10-2-1-8-3-4-13-6-9(8)5-10;/h1-2,5,7,13H,3-4,6H2,(H,15,17);1H. The summed E-state index contributed by atoms with van der Waals surface area (Å²) in [6.45, 7) is 1.88. The van der Waals surface area contributed by atoms with Crippen molar-refractivity contribution in [2.75, 3.05) is 11.9 Å². The van der Waals surface area contributed by atoms with Crippen molar-refractivity contribution < 1.29 is 4.79 Å².